The molecule has 2 heterocycles. The Morgan fingerprint density at radius 1 is 1.25 bits per heavy atom. The highest BCUT2D eigenvalue weighted by molar-refractivity contribution is 5.82. The lowest BCUT2D eigenvalue weighted by atomic mass is 9.94. The van der Waals surface area contributed by atoms with Crippen molar-refractivity contribution in [1.82, 2.24) is 9.91 Å². The summed E-state index contributed by atoms with van der Waals surface area (Å²) in [6, 6.07) is 6.16. The first kappa shape index (κ1) is 16.6. The van der Waals surface area contributed by atoms with Gasteiger partial charge in [-0.3, -0.25) is 9.59 Å². The number of piperidine rings is 1. The van der Waals surface area contributed by atoms with Crippen LogP contribution in [0.25, 0.3) is 0 Å². The summed E-state index contributed by atoms with van der Waals surface area (Å²) in [6.07, 6.45) is 3.97. The van der Waals surface area contributed by atoms with Crippen LogP contribution in [0.15, 0.2) is 29.4 Å². The van der Waals surface area contributed by atoms with E-state index in [4.69, 9.17) is 0 Å². The number of amides is 2. The molecule has 1 atom stereocenters. The van der Waals surface area contributed by atoms with Gasteiger partial charge in [0.15, 0.2) is 0 Å². The van der Waals surface area contributed by atoms with Gasteiger partial charge in [0, 0.05) is 43.6 Å². The van der Waals surface area contributed by atoms with Gasteiger partial charge in [0.25, 0.3) is 0 Å². The first-order chi connectivity index (χ1) is 11.6. The average molecular weight is 331 g/mol. The molecule has 0 saturated carbocycles. The number of carbonyl (C=O) groups excluding carboxylic acids is 2. The normalized spacial score (nSPS) is 21.3. The molecule has 2 amide bonds. The summed E-state index contributed by atoms with van der Waals surface area (Å²) in [6.45, 7) is 3.05. The molecule has 0 N–H and O–H groups in total. The fourth-order valence-electron chi connectivity index (χ4n) is 3.42. The second-order valence-electron chi connectivity index (χ2n) is 6.26. The lowest BCUT2D eigenvalue weighted by molar-refractivity contribution is -0.142. The van der Waals surface area contributed by atoms with Crippen molar-refractivity contribution < 1.29 is 14.0 Å². The molecule has 5 nitrogen and oxygen atoms in total. The zero-order chi connectivity index (χ0) is 17.1. The van der Waals surface area contributed by atoms with Crippen molar-refractivity contribution in [2.45, 2.75) is 38.6 Å². The molecular weight excluding hydrogens is 309 g/mol. The van der Waals surface area contributed by atoms with E-state index in [1.807, 2.05) is 11.8 Å². The van der Waals surface area contributed by atoms with Crippen LogP contribution in [-0.2, 0) is 9.59 Å². The van der Waals surface area contributed by atoms with Gasteiger partial charge in [-0.25, -0.2) is 9.40 Å². The summed E-state index contributed by atoms with van der Waals surface area (Å²) in [4.78, 5) is 26.4. The summed E-state index contributed by atoms with van der Waals surface area (Å²) in [7, 11) is 0. The fraction of sp³-hybridized carbons (Fsp3) is 0.500. The van der Waals surface area contributed by atoms with E-state index in [0.717, 1.165) is 0 Å². The monoisotopic (exact) mass is 331 g/mol. The molecule has 2 aliphatic rings. The first-order valence-corrected chi connectivity index (χ1v) is 8.49. The van der Waals surface area contributed by atoms with Crippen molar-refractivity contribution in [2.24, 2.45) is 11.0 Å². The summed E-state index contributed by atoms with van der Waals surface area (Å²) < 4.78 is 14.1. The average Bonchev–Trinajstić information content (AvgIpc) is 3.10. The van der Waals surface area contributed by atoms with Crippen molar-refractivity contribution in [1.29, 1.82) is 0 Å². The second-order valence-corrected chi connectivity index (χ2v) is 6.26. The van der Waals surface area contributed by atoms with Crippen molar-refractivity contribution in [3.63, 3.8) is 0 Å². The van der Waals surface area contributed by atoms with E-state index < -0.39 is 0 Å². The Hall–Kier alpha value is -2.24. The highest BCUT2D eigenvalue weighted by Crippen LogP contribution is 2.33. The van der Waals surface area contributed by atoms with Gasteiger partial charge in [-0.2, -0.15) is 5.10 Å². The number of carbonyl (C=O) groups is 2. The SMILES string of the molecule is CCC(=O)N1CCC(C(=O)N2N=CCC2c2ccccc2F)CC1. The van der Waals surface area contributed by atoms with E-state index in [1.165, 1.54) is 11.1 Å². The number of hydrazone groups is 1. The Morgan fingerprint density at radius 2 is 1.96 bits per heavy atom. The Morgan fingerprint density at radius 3 is 2.62 bits per heavy atom. The number of halogens is 1. The van der Waals surface area contributed by atoms with Crippen LogP contribution in [0.5, 0.6) is 0 Å². The maximum Gasteiger partial charge on any atom is 0.246 e. The summed E-state index contributed by atoms with van der Waals surface area (Å²) in [5.74, 6) is -0.408. The van der Waals surface area contributed by atoms with Gasteiger partial charge in [0.05, 0.1) is 6.04 Å². The van der Waals surface area contributed by atoms with Gasteiger partial charge in [-0.15, -0.1) is 0 Å². The first-order valence-electron chi connectivity index (χ1n) is 8.49. The molecule has 1 aromatic rings. The number of hydrogen-bond donors (Lipinski definition) is 0. The minimum Gasteiger partial charge on any atom is -0.343 e. The van der Waals surface area contributed by atoms with E-state index in [9.17, 15) is 14.0 Å². The number of likely N-dealkylation sites (tertiary alicyclic amines) is 1. The molecule has 3 rings (SSSR count). The molecule has 24 heavy (non-hydrogen) atoms. The third kappa shape index (κ3) is 3.18. The Balaban J connectivity index is 1.68. The highest BCUT2D eigenvalue weighted by atomic mass is 19.1. The quantitative estimate of drug-likeness (QED) is 0.855. The maximum absolute atomic E-state index is 14.1. The van der Waals surface area contributed by atoms with Crippen LogP contribution in [0.1, 0.15) is 44.2 Å². The zero-order valence-corrected chi connectivity index (χ0v) is 13.8. The fourth-order valence-corrected chi connectivity index (χ4v) is 3.42. The molecular formula is C18H22FN3O2. The van der Waals surface area contributed by atoms with E-state index in [2.05, 4.69) is 5.10 Å². The number of hydrogen-bond acceptors (Lipinski definition) is 3. The summed E-state index contributed by atoms with van der Waals surface area (Å²) in [5.41, 5.74) is 0.502. The second kappa shape index (κ2) is 7.11. The molecule has 2 aliphatic heterocycles. The van der Waals surface area contributed by atoms with Gasteiger partial charge in [0.1, 0.15) is 5.82 Å². The van der Waals surface area contributed by atoms with E-state index in [-0.39, 0.29) is 29.6 Å². The van der Waals surface area contributed by atoms with Gasteiger partial charge in [0.2, 0.25) is 11.8 Å². The number of benzene rings is 1. The van der Waals surface area contributed by atoms with E-state index >= 15 is 0 Å². The maximum atomic E-state index is 14.1. The van der Waals surface area contributed by atoms with Crippen molar-refractivity contribution >= 4 is 18.0 Å². The molecule has 128 valence electrons. The minimum atomic E-state index is -0.367. The molecule has 1 aromatic carbocycles. The topological polar surface area (TPSA) is 53.0 Å². The molecule has 0 spiro atoms. The molecule has 0 aromatic heterocycles. The third-order valence-electron chi connectivity index (χ3n) is 4.82. The van der Waals surface area contributed by atoms with Crippen molar-refractivity contribution in [3.05, 3.63) is 35.6 Å². The van der Waals surface area contributed by atoms with Crippen LogP contribution in [0.4, 0.5) is 4.39 Å². The Kier molecular flexibility index (Phi) is 4.92. The van der Waals surface area contributed by atoms with E-state index in [0.29, 0.717) is 44.3 Å². The van der Waals surface area contributed by atoms with Crippen LogP contribution in [0, 0.1) is 11.7 Å². The number of rotatable bonds is 3. The standard InChI is InChI=1S/C18H22FN3O2/c1-2-17(23)21-11-8-13(9-12-21)18(24)22-16(7-10-20-22)14-5-3-4-6-15(14)19/h3-6,10,13,16H,2,7-9,11-12H2,1H3. The lowest BCUT2D eigenvalue weighted by Gasteiger charge is -2.33. The molecule has 6 heteroatoms. The lowest BCUT2D eigenvalue weighted by Crippen LogP contribution is -2.43. The predicted octanol–water partition coefficient (Wildman–Crippen LogP) is 2.73. The molecule has 0 radical (unpaired) electrons. The Bertz CT molecular complexity index is 653. The molecule has 0 bridgehead atoms. The van der Waals surface area contributed by atoms with Gasteiger partial charge in [-0.05, 0) is 18.9 Å². The van der Waals surface area contributed by atoms with Crippen molar-refractivity contribution in [3.8, 4) is 0 Å². The van der Waals surface area contributed by atoms with Gasteiger partial charge in [-0.1, -0.05) is 25.1 Å². The Labute approximate surface area is 141 Å². The predicted molar refractivity (Wildman–Crippen MR) is 88.7 cm³/mol. The summed E-state index contributed by atoms with van der Waals surface area (Å²) >= 11 is 0. The smallest absolute Gasteiger partial charge is 0.246 e. The van der Waals surface area contributed by atoms with E-state index in [1.54, 1.807) is 24.4 Å². The number of nitrogens with zero attached hydrogens (tertiary/aromatic N) is 3. The molecule has 1 unspecified atom stereocenters. The minimum absolute atomic E-state index is 0.0689. The van der Waals surface area contributed by atoms with Crippen LogP contribution in [0.2, 0.25) is 0 Å². The van der Waals surface area contributed by atoms with Crippen LogP contribution < -0.4 is 0 Å². The van der Waals surface area contributed by atoms with Crippen LogP contribution in [0.3, 0.4) is 0 Å². The largest absolute Gasteiger partial charge is 0.343 e. The molecule has 1 fully saturated rings. The highest BCUT2D eigenvalue weighted by Gasteiger charge is 2.36. The molecule has 0 aliphatic carbocycles. The summed E-state index contributed by atoms with van der Waals surface area (Å²) in [5, 5.41) is 5.62. The van der Waals surface area contributed by atoms with Crippen LogP contribution in [-0.4, -0.2) is 41.0 Å². The van der Waals surface area contributed by atoms with Crippen LogP contribution >= 0.6 is 0 Å². The van der Waals surface area contributed by atoms with Crippen molar-refractivity contribution in [2.75, 3.05) is 13.1 Å². The zero-order valence-electron chi connectivity index (χ0n) is 13.8. The molecule has 1 saturated heterocycles. The third-order valence-corrected chi connectivity index (χ3v) is 4.82. The van der Waals surface area contributed by atoms with Gasteiger partial charge < -0.3 is 4.90 Å². The van der Waals surface area contributed by atoms with Gasteiger partial charge >= 0.3 is 0 Å².